The molecular weight excluding hydrogens is 420 g/mol. The van der Waals surface area contributed by atoms with E-state index in [0.717, 1.165) is 0 Å². The Labute approximate surface area is 179 Å². The van der Waals surface area contributed by atoms with Crippen molar-refractivity contribution >= 4 is 33.4 Å². The lowest BCUT2D eigenvalue weighted by molar-refractivity contribution is -0.313. The number of anilines is 2. The summed E-state index contributed by atoms with van der Waals surface area (Å²) in [5.74, 6) is -2.88. The number of benzene rings is 1. The lowest BCUT2D eigenvalue weighted by Crippen LogP contribution is -2.42. The molecule has 2 bridgehead atoms. The number of nitrogens with one attached hydrogen (secondary N) is 2. The van der Waals surface area contributed by atoms with Gasteiger partial charge in [-0.3, -0.25) is 9.52 Å². The Morgan fingerprint density at radius 3 is 2.29 bits per heavy atom. The molecule has 9 nitrogen and oxygen atoms in total. The first kappa shape index (κ1) is 21.0. The first-order valence-corrected chi connectivity index (χ1v) is 11.3. The Hall–Kier alpha value is -3.27. The van der Waals surface area contributed by atoms with Gasteiger partial charge in [-0.2, -0.15) is 0 Å². The molecule has 0 aliphatic heterocycles. The second-order valence-corrected chi connectivity index (χ2v) is 9.56. The number of aryl methyl sites for hydroxylation is 2. The third-order valence-electron chi connectivity index (χ3n) is 5.67. The summed E-state index contributed by atoms with van der Waals surface area (Å²) in [5.41, 5.74) is 1.01. The van der Waals surface area contributed by atoms with Gasteiger partial charge < -0.3 is 15.2 Å². The van der Waals surface area contributed by atoms with Crippen LogP contribution in [0.1, 0.15) is 17.9 Å². The molecule has 2 aliphatic carbocycles. The maximum absolute atomic E-state index is 12.7. The minimum Gasteiger partial charge on any atom is -0.550 e. The van der Waals surface area contributed by atoms with Crippen LogP contribution in [0.2, 0.25) is 0 Å². The molecule has 0 unspecified atom stereocenters. The van der Waals surface area contributed by atoms with Crippen molar-refractivity contribution in [1.82, 2.24) is 9.97 Å². The number of rotatable bonds is 6. The van der Waals surface area contributed by atoms with E-state index in [1.807, 2.05) is 12.2 Å². The molecule has 2 N–H and O–H groups in total. The van der Waals surface area contributed by atoms with E-state index in [2.05, 4.69) is 20.0 Å². The summed E-state index contributed by atoms with van der Waals surface area (Å²) in [6.07, 6.45) is 4.34. The molecule has 1 aromatic heterocycles. The number of aromatic nitrogens is 2. The van der Waals surface area contributed by atoms with E-state index in [4.69, 9.17) is 0 Å². The number of hydrogen-bond acceptors (Lipinski definition) is 7. The second kappa shape index (κ2) is 7.77. The number of amides is 1. The van der Waals surface area contributed by atoms with Crippen molar-refractivity contribution < 1.29 is 23.1 Å². The fraction of sp³-hybridized carbons (Fsp3) is 0.333. The second-order valence-electron chi connectivity index (χ2n) is 7.88. The smallest absolute Gasteiger partial charge is 0.263 e. The van der Waals surface area contributed by atoms with Crippen LogP contribution in [-0.2, 0) is 19.6 Å². The maximum atomic E-state index is 12.7. The molecule has 1 heterocycles. The number of nitrogens with zero attached hydrogens (tertiary/aromatic N) is 2. The summed E-state index contributed by atoms with van der Waals surface area (Å²) in [7, 11) is -3.88. The van der Waals surface area contributed by atoms with E-state index in [1.165, 1.54) is 30.3 Å². The number of sulfonamides is 1. The summed E-state index contributed by atoms with van der Waals surface area (Å²) < 4.78 is 27.7. The monoisotopic (exact) mass is 441 g/mol. The van der Waals surface area contributed by atoms with Crippen molar-refractivity contribution in [1.29, 1.82) is 0 Å². The van der Waals surface area contributed by atoms with Gasteiger partial charge in [-0.1, -0.05) is 12.2 Å². The maximum Gasteiger partial charge on any atom is 0.263 e. The number of aliphatic carboxylic acids is 1. The number of carbonyl (C=O) groups excluding carboxylic acids is 2. The van der Waals surface area contributed by atoms with Gasteiger partial charge in [0.1, 0.15) is 11.6 Å². The predicted molar refractivity (Wildman–Crippen MR) is 110 cm³/mol. The van der Waals surface area contributed by atoms with E-state index in [1.54, 1.807) is 13.8 Å². The van der Waals surface area contributed by atoms with Gasteiger partial charge in [0.25, 0.3) is 10.0 Å². The summed E-state index contributed by atoms with van der Waals surface area (Å²) in [4.78, 5) is 32.4. The zero-order valence-electron chi connectivity index (χ0n) is 16.9. The van der Waals surface area contributed by atoms with Crippen molar-refractivity contribution in [3.05, 3.63) is 54.0 Å². The van der Waals surface area contributed by atoms with Gasteiger partial charge in [-0.05, 0) is 56.4 Å². The largest absolute Gasteiger partial charge is 0.550 e. The van der Waals surface area contributed by atoms with Crippen molar-refractivity contribution in [2.24, 2.45) is 23.7 Å². The average Bonchev–Trinajstić information content (AvgIpc) is 3.28. The normalized spacial score (nSPS) is 24.2. The van der Waals surface area contributed by atoms with Crippen LogP contribution in [-0.4, -0.2) is 30.3 Å². The highest BCUT2D eigenvalue weighted by molar-refractivity contribution is 7.92. The third kappa shape index (κ3) is 4.15. The molecule has 1 amide bonds. The van der Waals surface area contributed by atoms with Gasteiger partial charge in [-0.25, -0.2) is 18.4 Å². The van der Waals surface area contributed by atoms with Gasteiger partial charge in [-0.15, -0.1) is 0 Å². The number of carboxylic acid groups (broad SMARTS) is 1. The molecule has 0 saturated heterocycles. The number of hydrogen-bond donors (Lipinski definition) is 2. The quantitative estimate of drug-likeness (QED) is 0.638. The Balaban J connectivity index is 1.47. The molecular formula is C21H21N4O5S-. The standard InChI is InChI=1S/C21H22N4O5S/c1-11-9-17(23-12(2)22-11)25-31(29,30)16-7-5-15(6-8-16)24-20(26)18-13-3-4-14(10-13)19(18)21(27)28/h3-9,13-14,18-19H,10H2,1-2H3,(H,24,26)(H,27,28)(H,22,23,25)/p-1/t13-,14+,18-,19+/m1/s1. The number of carboxylic acids is 1. The molecule has 4 rings (SSSR count). The summed E-state index contributed by atoms with van der Waals surface area (Å²) in [5, 5.41) is 14.2. The van der Waals surface area contributed by atoms with Crippen molar-refractivity contribution in [3.8, 4) is 0 Å². The molecule has 4 atom stereocenters. The fourth-order valence-corrected chi connectivity index (χ4v) is 5.40. The number of allylic oxidation sites excluding steroid dienone is 2. The molecule has 1 aromatic carbocycles. The highest BCUT2D eigenvalue weighted by atomic mass is 32.2. The van der Waals surface area contributed by atoms with Crippen LogP contribution in [0.4, 0.5) is 11.5 Å². The van der Waals surface area contributed by atoms with Gasteiger partial charge in [0.05, 0.1) is 10.8 Å². The van der Waals surface area contributed by atoms with Gasteiger partial charge in [0.2, 0.25) is 5.91 Å². The zero-order valence-corrected chi connectivity index (χ0v) is 17.7. The highest BCUT2D eigenvalue weighted by Gasteiger charge is 2.48. The lowest BCUT2D eigenvalue weighted by Gasteiger charge is -2.27. The molecule has 1 fully saturated rings. The molecule has 0 radical (unpaired) electrons. The van der Waals surface area contributed by atoms with Gasteiger partial charge in [0.15, 0.2) is 0 Å². The first-order valence-electron chi connectivity index (χ1n) is 9.79. The van der Waals surface area contributed by atoms with Crippen LogP contribution < -0.4 is 15.1 Å². The number of carbonyl (C=O) groups is 2. The van der Waals surface area contributed by atoms with Crippen molar-refractivity contribution in [3.63, 3.8) is 0 Å². The van der Waals surface area contributed by atoms with Crippen molar-refractivity contribution in [2.45, 2.75) is 25.2 Å². The van der Waals surface area contributed by atoms with Crippen LogP contribution in [0.5, 0.6) is 0 Å². The highest BCUT2D eigenvalue weighted by Crippen LogP contribution is 2.48. The van der Waals surface area contributed by atoms with Gasteiger partial charge in [0, 0.05) is 29.3 Å². The Morgan fingerprint density at radius 2 is 1.68 bits per heavy atom. The van der Waals surface area contributed by atoms with Crippen LogP contribution in [0.3, 0.4) is 0 Å². The van der Waals surface area contributed by atoms with Crippen LogP contribution >= 0.6 is 0 Å². The van der Waals surface area contributed by atoms with E-state index in [9.17, 15) is 23.1 Å². The molecule has 10 heteroatoms. The Kier molecular flexibility index (Phi) is 5.26. The first-order chi connectivity index (χ1) is 14.6. The molecule has 162 valence electrons. The molecule has 0 spiro atoms. The average molecular weight is 441 g/mol. The summed E-state index contributed by atoms with van der Waals surface area (Å²) >= 11 is 0. The van der Waals surface area contributed by atoms with E-state index < -0.39 is 33.7 Å². The van der Waals surface area contributed by atoms with Gasteiger partial charge >= 0.3 is 0 Å². The molecule has 2 aliphatic rings. The minimum atomic E-state index is -3.88. The summed E-state index contributed by atoms with van der Waals surface area (Å²) in [6, 6.07) is 7.15. The van der Waals surface area contributed by atoms with Crippen LogP contribution in [0.25, 0.3) is 0 Å². The van der Waals surface area contributed by atoms with E-state index in [0.29, 0.717) is 23.6 Å². The van der Waals surface area contributed by atoms with E-state index >= 15 is 0 Å². The minimum absolute atomic E-state index is 0.00473. The molecule has 1 saturated carbocycles. The fourth-order valence-electron chi connectivity index (χ4n) is 4.41. The van der Waals surface area contributed by atoms with Crippen LogP contribution in [0.15, 0.2) is 47.4 Å². The zero-order chi connectivity index (χ0) is 22.3. The Morgan fingerprint density at radius 1 is 1.03 bits per heavy atom. The molecule has 2 aromatic rings. The number of fused-ring (bicyclic) bond motifs is 2. The summed E-state index contributed by atoms with van der Waals surface area (Å²) in [6.45, 7) is 3.40. The molecule has 31 heavy (non-hydrogen) atoms. The predicted octanol–water partition coefficient (Wildman–Crippen LogP) is 1.02. The third-order valence-corrected chi connectivity index (χ3v) is 7.04. The van der Waals surface area contributed by atoms with E-state index in [-0.39, 0.29) is 22.5 Å². The topological polar surface area (TPSA) is 141 Å². The lowest BCUT2D eigenvalue weighted by atomic mass is 9.82. The SMILES string of the molecule is Cc1cc(NS(=O)(=O)c2ccc(NC(=O)[C@H]3[C@@H](C(=O)[O-])[C@H]4C=C[C@@H]3C4)cc2)nc(C)n1. The van der Waals surface area contributed by atoms with Crippen molar-refractivity contribution in [2.75, 3.05) is 10.0 Å². The Bertz CT molecular complexity index is 1160. The van der Waals surface area contributed by atoms with Crippen LogP contribution in [0, 0.1) is 37.5 Å².